The summed E-state index contributed by atoms with van der Waals surface area (Å²) in [6, 6.07) is 0.523. The maximum Gasteiger partial charge on any atom is 0.159 e. The summed E-state index contributed by atoms with van der Waals surface area (Å²) < 4.78 is 7.10. The van der Waals surface area contributed by atoms with Crippen LogP contribution in [0.5, 0.6) is 5.75 Å². The molecule has 0 spiro atoms. The Morgan fingerprint density at radius 2 is 2.36 bits per heavy atom. The summed E-state index contributed by atoms with van der Waals surface area (Å²) in [5.74, 6) is 0.885. The van der Waals surface area contributed by atoms with Gasteiger partial charge in [-0.05, 0) is 26.8 Å². The number of aromatic nitrogens is 2. The number of nitrogens with one attached hydrogen (secondary N) is 1. The zero-order chi connectivity index (χ0) is 10.6. The molecule has 4 heteroatoms. The van der Waals surface area contributed by atoms with E-state index in [1.165, 1.54) is 0 Å². The first kappa shape index (κ1) is 11.0. The standard InChI is InChI=1S/C10H19N3O/c1-8(11-2)5-6-9-10(14-4)7-12-13(9)3/h7-8,11H,5-6H2,1-4H3. The zero-order valence-corrected chi connectivity index (χ0v) is 9.37. The number of rotatable bonds is 5. The largest absolute Gasteiger partial charge is 0.493 e. The maximum atomic E-state index is 5.23. The van der Waals surface area contributed by atoms with E-state index in [4.69, 9.17) is 4.74 Å². The molecule has 0 aliphatic rings. The molecule has 0 aromatic carbocycles. The lowest BCUT2D eigenvalue weighted by Crippen LogP contribution is -2.22. The molecule has 80 valence electrons. The number of methoxy groups -OCH3 is 1. The Hall–Kier alpha value is -1.03. The average Bonchev–Trinajstić information content (AvgIpc) is 2.55. The highest BCUT2D eigenvalue weighted by molar-refractivity contribution is 5.24. The van der Waals surface area contributed by atoms with Crippen molar-refractivity contribution in [3.8, 4) is 5.75 Å². The molecule has 0 saturated carbocycles. The molecular weight excluding hydrogens is 178 g/mol. The SMILES string of the molecule is CNC(C)CCc1c(OC)cnn1C. The van der Waals surface area contributed by atoms with Crippen molar-refractivity contribution in [2.75, 3.05) is 14.2 Å². The molecule has 1 aromatic rings. The fourth-order valence-electron chi connectivity index (χ4n) is 1.40. The molecule has 1 rings (SSSR count). The summed E-state index contributed by atoms with van der Waals surface area (Å²) >= 11 is 0. The molecule has 4 nitrogen and oxygen atoms in total. The molecular formula is C10H19N3O. The van der Waals surface area contributed by atoms with Crippen molar-refractivity contribution in [2.45, 2.75) is 25.8 Å². The molecule has 0 saturated heterocycles. The third-order valence-electron chi connectivity index (χ3n) is 2.55. The van der Waals surface area contributed by atoms with Crippen molar-refractivity contribution in [1.29, 1.82) is 0 Å². The molecule has 0 fully saturated rings. The first-order valence-corrected chi connectivity index (χ1v) is 4.91. The van der Waals surface area contributed by atoms with Crippen LogP contribution in [0.25, 0.3) is 0 Å². The van der Waals surface area contributed by atoms with Crippen LogP contribution in [0.3, 0.4) is 0 Å². The lowest BCUT2D eigenvalue weighted by molar-refractivity contribution is 0.406. The van der Waals surface area contributed by atoms with E-state index in [1.54, 1.807) is 13.3 Å². The third kappa shape index (κ3) is 2.48. The smallest absolute Gasteiger partial charge is 0.159 e. The van der Waals surface area contributed by atoms with Gasteiger partial charge in [-0.15, -0.1) is 0 Å². The van der Waals surface area contributed by atoms with E-state index in [2.05, 4.69) is 17.3 Å². The highest BCUT2D eigenvalue weighted by Crippen LogP contribution is 2.18. The van der Waals surface area contributed by atoms with Crippen molar-refractivity contribution in [1.82, 2.24) is 15.1 Å². The monoisotopic (exact) mass is 197 g/mol. The van der Waals surface area contributed by atoms with Crippen LogP contribution in [0.4, 0.5) is 0 Å². The van der Waals surface area contributed by atoms with Crippen molar-refractivity contribution >= 4 is 0 Å². The van der Waals surface area contributed by atoms with Crippen LogP contribution < -0.4 is 10.1 Å². The Bertz CT molecular complexity index is 283. The third-order valence-corrected chi connectivity index (χ3v) is 2.55. The van der Waals surface area contributed by atoms with Gasteiger partial charge < -0.3 is 10.1 Å². The van der Waals surface area contributed by atoms with Gasteiger partial charge in [0.25, 0.3) is 0 Å². The van der Waals surface area contributed by atoms with Gasteiger partial charge in [0.1, 0.15) is 0 Å². The normalized spacial score (nSPS) is 12.9. The van der Waals surface area contributed by atoms with Gasteiger partial charge in [0, 0.05) is 13.1 Å². The second-order valence-electron chi connectivity index (χ2n) is 3.51. The van der Waals surface area contributed by atoms with Crippen molar-refractivity contribution in [3.63, 3.8) is 0 Å². The molecule has 1 unspecified atom stereocenters. The summed E-state index contributed by atoms with van der Waals surface area (Å²) in [5, 5.41) is 7.38. The molecule has 1 atom stereocenters. The Morgan fingerprint density at radius 1 is 1.64 bits per heavy atom. The Kier molecular flexibility index (Phi) is 3.95. The fourth-order valence-corrected chi connectivity index (χ4v) is 1.40. The summed E-state index contributed by atoms with van der Waals surface area (Å²) in [6.45, 7) is 2.17. The Morgan fingerprint density at radius 3 is 2.93 bits per heavy atom. The van der Waals surface area contributed by atoms with Gasteiger partial charge in [0.2, 0.25) is 0 Å². The fraction of sp³-hybridized carbons (Fsp3) is 0.700. The maximum absolute atomic E-state index is 5.23. The lowest BCUT2D eigenvalue weighted by atomic mass is 10.1. The summed E-state index contributed by atoms with van der Waals surface area (Å²) in [7, 11) is 5.61. The van der Waals surface area contributed by atoms with Crippen LogP contribution in [-0.4, -0.2) is 30.0 Å². The molecule has 14 heavy (non-hydrogen) atoms. The quantitative estimate of drug-likeness (QED) is 0.764. The topological polar surface area (TPSA) is 39.1 Å². The van der Waals surface area contributed by atoms with Gasteiger partial charge in [-0.1, -0.05) is 0 Å². The molecule has 0 aliphatic carbocycles. The van der Waals surface area contributed by atoms with Gasteiger partial charge >= 0.3 is 0 Å². The van der Waals surface area contributed by atoms with Crippen LogP contribution in [0.15, 0.2) is 6.20 Å². The van der Waals surface area contributed by atoms with Crippen LogP contribution >= 0.6 is 0 Å². The Labute approximate surface area is 85.3 Å². The second-order valence-corrected chi connectivity index (χ2v) is 3.51. The Balaban J connectivity index is 2.60. The van der Waals surface area contributed by atoms with Crippen molar-refractivity contribution in [3.05, 3.63) is 11.9 Å². The summed E-state index contributed by atoms with van der Waals surface area (Å²) in [4.78, 5) is 0. The van der Waals surface area contributed by atoms with E-state index < -0.39 is 0 Å². The minimum absolute atomic E-state index is 0.523. The number of hydrogen-bond donors (Lipinski definition) is 1. The van der Waals surface area contributed by atoms with Gasteiger partial charge in [-0.25, -0.2) is 0 Å². The minimum Gasteiger partial charge on any atom is -0.493 e. The van der Waals surface area contributed by atoms with Crippen molar-refractivity contribution in [2.24, 2.45) is 7.05 Å². The van der Waals surface area contributed by atoms with Gasteiger partial charge in [-0.2, -0.15) is 5.10 Å². The molecule has 0 radical (unpaired) electrons. The van der Waals surface area contributed by atoms with E-state index in [9.17, 15) is 0 Å². The molecule has 0 amide bonds. The van der Waals surface area contributed by atoms with Gasteiger partial charge in [0.15, 0.2) is 5.75 Å². The molecule has 1 N–H and O–H groups in total. The first-order chi connectivity index (χ1) is 6.69. The highest BCUT2D eigenvalue weighted by Gasteiger charge is 2.09. The van der Waals surface area contributed by atoms with E-state index in [0.717, 1.165) is 24.3 Å². The number of nitrogens with zero attached hydrogens (tertiary/aromatic N) is 2. The van der Waals surface area contributed by atoms with Crippen LogP contribution in [0.2, 0.25) is 0 Å². The van der Waals surface area contributed by atoms with E-state index in [-0.39, 0.29) is 0 Å². The van der Waals surface area contributed by atoms with Crippen LogP contribution in [0.1, 0.15) is 19.0 Å². The predicted molar refractivity (Wildman–Crippen MR) is 56.6 cm³/mol. The molecule has 0 aliphatic heterocycles. The molecule has 1 heterocycles. The minimum atomic E-state index is 0.523. The summed E-state index contributed by atoms with van der Waals surface area (Å²) in [5.41, 5.74) is 1.16. The zero-order valence-electron chi connectivity index (χ0n) is 9.37. The highest BCUT2D eigenvalue weighted by atomic mass is 16.5. The van der Waals surface area contributed by atoms with E-state index in [1.807, 2.05) is 18.8 Å². The first-order valence-electron chi connectivity index (χ1n) is 4.91. The van der Waals surface area contributed by atoms with Gasteiger partial charge in [0.05, 0.1) is 19.0 Å². The molecule has 0 bridgehead atoms. The predicted octanol–water partition coefficient (Wildman–Crippen LogP) is 0.969. The average molecular weight is 197 g/mol. The summed E-state index contributed by atoms with van der Waals surface area (Å²) in [6.07, 6.45) is 3.84. The number of ether oxygens (including phenoxy) is 1. The van der Waals surface area contributed by atoms with Crippen LogP contribution in [-0.2, 0) is 13.5 Å². The second kappa shape index (κ2) is 5.00. The van der Waals surface area contributed by atoms with Crippen LogP contribution in [0, 0.1) is 0 Å². The lowest BCUT2D eigenvalue weighted by Gasteiger charge is -2.10. The van der Waals surface area contributed by atoms with E-state index >= 15 is 0 Å². The van der Waals surface area contributed by atoms with E-state index in [0.29, 0.717) is 6.04 Å². The number of aryl methyl sites for hydroxylation is 1. The van der Waals surface area contributed by atoms with Crippen molar-refractivity contribution < 1.29 is 4.74 Å². The number of hydrogen-bond acceptors (Lipinski definition) is 3. The van der Waals surface area contributed by atoms with Gasteiger partial charge in [-0.3, -0.25) is 4.68 Å². The molecule has 1 aromatic heterocycles.